The SMILES string of the molecule is Cn1c(CNCc2c(F)cccc2N2CCCC2)nc2ccccc21. The molecule has 0 bridgehead atoms. The number of benzene rings is 2. The molecule has 4 nitrogen and oxygen atoms in total. The number of fused-ring (bicyclic) bond motifs is 1. The number of nitrogens with zero attached hydrogens (tertiary/aromatic N) is 3. The molecule has 5 heteroatoms. The van der Waals surface area contributed by atoms with Crippen LogP contribution in [0.25, 0.3) is 11.0 Å². The Kier molecular flexibility index (Phi) is 4.40. The van der Waals surface area contributed by atoms with Gasteiger partial charge in [-0.3, -0.25) is 0 Å². The van der Waals surface area contributed by atoms with Crippen LogP contribution in [0.3, 0.4) is 0 Å². The fraction of sp³-hybridized carbons (Fsp3) is 0.350. The molecule has 130 valence electrons. The van der Waals surface area contributed by atoms with Crippen LogP contribution < -0.4 is 10.2 Å². The molecule has 0 radical (unpaired) electrons. The zero-order valence-corrected chi connectivity index (χ0v) is 14.5. The first-order chi connectivity index (χ1) is 12.2. The van der Waals surface area contributed by atoms with Crippen molar-refractivity contribution in [3.63, 3.8) is 0 Å². The van der Waals surface area contributed by atoms with Crippen LogP contribution >= 0.6 is 0 Å². The summed E-state index contributed by atoms with van der Waals surface area (Å²) in [5.74, 6) is 0.821. The van der Waals surface area contributed by atoms with Crippen molar-refractivity contribution >= 4 is 16.7 Å². The molecule has 3 aromatic rings. The number of hydrogen-bond donors (Lipinski definition) is 1. The maximum Gasteiger partial charge on any atom is 0.129 e. The predicted octanol–water partition coefficient (Wildman–Crippen LogP) is 3.60. The molecular weight excluding hydrogens is 315 g/mol. The number of aromatic nitrogens is 2. The van der Waals surface area contributed by atoms with Crippen molar-refractivity contribution < 1.29 is 4.39 Å². The van der Waals surface area contributed by atoms with Gasteiger partial charge >= 0.3 is 0 Å². The van der Waals surface area contributed by atoms with Crippen LogP contribution in [-0.4, -0.2) is 22.6 Å². The Morgan fingerprint density at radius 3 is 2.64 bits per heavy atom. The van der Waals surface area contributed by atoms with Gasteiger partial charge in [0, 0.05) is 37.9 Å². The molecule has 1 N–H and O–H groups in total. The largest absolute Gasteiger partial charge is 0.371 e. The lowest BCUT2D eigenvalue weighted by atomic mass is 10.1. The minimum Gasteiger partial charge on any atom is -0.371 e. The van der Waals surface area contributed by atoms with E-state index in [0.29, 0.717) is 13.1 Å². The van der Waals surface area contributed by atoms with E-state index >= 15 is 0 Å². The summed E-state index contributed by atoms with van der Waals surface area (Å²) in [5, 5.41) is 3.37. The Labute approximate surface area is 147 Å². The van der Waals surface area contributed by atoms with Gasteiger partial charge in [0.1, 0.15) is 11.6 Å². The minimum atomic E-state index is -0.137. The number of hydrogen-bond acceptors (Lipinski definition) is 3. The van der Waals surface area contributed by atoms with Crippen molar-refractivity contribution in [1.29, 1.82) is 0 Å². The maximum absolute atomic E-state index is 14.4. The fourth-order valence-corrected chi connectivity index (χ4v) is 3.63. The standard InChI is InChI=1S/C20H23FN4/c1-24-19-9-3-2-8-17(19)23-20(24)14-22-13-15-16(21)7-6-10-18(15)25-11-4-5-12-25/h2-3,6-10,22H,4-5,11-14H2,1H3. The van der Waals surface area contributed by atoms with Crippen LogP contribution in [0.5, 0.6) is 0 Å². The van der Waals surface area contributed by atoms with Gasteiger partial charge in [0.15, 0.2) is 0 Å². The molecule has 25 heavy (non-hydrogen) atoms. The first kappa shape index (κ1) is 16.1. The third-order valence-corrected chi connectivity index (χ3v) is 5.01. The number of aryl methyl sites for hydroxylation is 1. The third-order valence-electron chi connectivity index (χ3n) is 5.01. The highest BCUT2D eigenvalue weighted by Gasteiger charge is 2.18. The lowest BCUT2D eigenvalue weighted by molar-refractivity contribution is 0.578. The van der Waals surface area contributed by atoms with Gasteiger partial charge in [0.2, 0.25) is 0 Å². The summed E-state index contributed by atoms with van der Waals surface area (Å²) in [6, 6.07) is 13.5. The number of anilines is 1. The number of para-hydroxylation sites is 2. The average molecular weight is 338 g/mol. The summed E-state index contributed by atoms with van der Waals surface area (Å²) in [7, 11) is 2.02. The van der Waals surface area contributed by atoms with Gasteiger partial charge < -0.3 is 14.8 Å². The van der Waals surface area contributed by atoms with E-state index in [4.69, 9.17) is 0 Å². The molecule has 1 aromatic heterocycles. The van der Waals surface area contributed by atoms with Crippen LogP contribution in [0, 0.1) is 5.82 Å². The van der Waals surface area contributed by atoms with Crippen molar-refractivity contribution in [2.24, 2.45) is 7.05 Å². The second kappa shape index (κ2) is 6.84. The highest BCUT2D eigenvalue weighted by molar-refractivity contribution is 5.75. The minimum absolute atomic E-state index is 0.137. The summed E-state index contributed by atoms with van der Waals surface area (Å²) < 4.78 is 16.5. The van der Waals surface area contributed by atoms with Crippen molar-refractivity contribution in [3.8, 4) is 0 Å². The Morgan fingerprint density at radius 1 is 1.04 bits per heavy atom. The molecular formula is C20H23FN4. The van der Waals surface area contributed by atoms with Crippen LogP contribution in [0.1, 0.15) is 24.2 Å². The Balaban J connectivity index is 1.50. The number of halogens is 1. The summed E-state index contributed by atoms with van der Waals surface area (Å²) in [6.45, 7) is 3.14. The lowest BCUT2D eigenvalue weighted by Crippen LogP contribution is -2.23. The zero-order valence-electron chi connectivity index (χ0n) is 14.5. The topological polar surface area (TPSA) is 33.1 Å². The first-order valence-corrected chi connectivity index (χ1v) is 8.87. The number of rotatable bonds is 5. The van der Waals surface area contributed by atoms with Crippen LogP contribution in [-0.2, 0) is 20.1 Å². The fourth-order valence-electron chi connectivity index (χ4n) is 3.63. The van der Waals surface area contributed by atoms with Gasteiger partial charge in [-0.2, -0.15) is 0 Å². The van der Waals surface area contributed by atoms with E-state index in [1.54, 1.807) is 12.1 Å². The predicted molar refractivity (Wildman–Crippen MR) is 99.1 cm³/mol. The normalized spacial score (nSPS) is 14.6. The van der Waals surface area contributed by atoms with Gasteiger partial charge in [0.05, 0.1) is 17.6 Å². The summed E-state index contributed by atoms with van der Waals surface area (Å²) in [6.07, 6.45) is 2.37. The summed E-state index contributed by atoms with van der Waals surface area (Å²) in [4.78, 5) is 6.95. The van der Waals surface area contributed by atoms with Crippen molar-refractivity contribution in [3.05, 3.63) is 59.7 Å². The monoisotopic (exact) mass is 338 g/mol. The van der Waals surface area contributed by atoms with Crippen molar-refractivity contribution in [2.75, 3.05) is 18.0 Å². The van der Waals surface area contributed by atoms with Crippen LogP contribution in [0.2, 0.25) is 0 Å². The molecule has 0 aliphatic carbocycles. The molecule has 2 heterocycles. The van der Waals surface area contributed by atoms with Gasteiger partial charge in [-0.05, 0) is 37.1 Å². The third kappa shape index (κ3) is 3.12. The van der Waals surface area contributed by atoms with E-state index < -0.39 is 0 Å². The van der Waals surface area contributed by atoms with E-state index in [0.717, 1.165) is 41.2 Å². The van der Waals surface area contributed by atoms with Crippen molar-refractivity contribution in [1.82, 2.24) is 14.9 Å². The molecule has 1 aliphatic heterocycles. The Morgan fingerprint density at radius 2 is 1.84 bits per heavy atom. The highest BCUT2D eigenvalue weighted by atomic mass is 19.1. The molecule has 0 spiro atoms. The van der Waals surface area contributed by atoms with E-state index in [1.165, 1.54) is 12.8 Å². The van der Waals surface area contributed by atoms with E-state index in [-0.39, 0.29) is 5.82 Å². The van der Waals surface area contributed by atoms with Crippen LogP contribution in [0.4, 0.5) is 10.1 Å². The van der Waals surface area contributed by atoms with Crippen molar-refractivity contribution in [2.45, 2.75) is 25.9 Å². The summed E-state index contributed by atoms with van der Waals surface area (Å²) in [5.41, 5.74) is 3.88. The van der Waals surface area contributed by atoms with Gasteiger partial charge in [0.25, 0.3) is 0 Å². The van der Waals surface area contributed by atoms with Gasteiger partial charge in [-0.15, -0.1) is 0 Å². The average Bonchev–Trinajstić information content (AvgIpc) is 3.26. The number of imidazole rings is 1. The molecule has 0 unspecified atom stereocenters. The summed E-state index contributed by atoms with van der Waals surface area (Å²) >= 11 is 0. The van der Waals surface area contributed by atoms with E-state index in [2.05, 4.69) is 25.8 Å². The number of nitrogens with one attached hydrogen (secondary N) is 1. The molecule has 1 aliphatic rings. The molecule has 1 fully saturated rings. The smallest absolute Gasteiger partial charge is 0.129 e. The second-order valence-electron chi connectivity index (χ2n) is 6.61. The Hall–Kier alpha value is -2.40. The van der Waals surface area contributed by atoms with Gasteiger partial charge in [-0.25, -0.2) is 9.37 Å². The lowest BCUT2D eigenvalue weighted by Gasteiger charge is -2.22. The second-order valence-corrected chi connectivity index (χ2v) is 6.61. The van der Waals surface area contributed by atoms with Crippen LogP contribution in [0.15, 0.2) is 42.5 Å². The molecule has 4 rings (SSSR count). The van der Waals surface area contributed by atoms with Gasteiger partial charge in [-0.1, -0.05) is 18.2 Å². The zero-order chi connectivity index (χ0) is 17.2. The molecule has 0 saturated carbocycles. The van der Waals surface area contributed by atoms with E-state index in [9.17, 15) is 4.39 Å². The molecule has 1 saturated heterocycles. The highest BCUT2D eigenvalue weighted by Crippen LogP contribution is 2.26. The van der Waals surface area contributed by atoms with E-state index in [1.807, 2.05) is 31.3 Å². The quantitative estimate of drug-likeness (QED) is 0.772. The first-order valence-electron chi connectivity index (χ1n) is 8.87. The molecule has 0 atom stereocenters. The molecule has 0 amide bonds. The molecule has 2 aromatic carbocycles. The Bertz CT molecular complexity index is 881. The maximum atomic E-state index is 14.4.